The summed E-state index contributed by atoms with van der Waals surface area (Å²) in [5.41, 5.74) is 2.16. The van der Waals surface area contributed by atoms with Crippen molar-refractivity contribution in [2.24, 2.45) is 35.5 Å². The van der Waals surface area contributed by atoms with E-state index in [1.54, 1.807) is 11.8 Å². The highest BCUT2D eigenvalue weighted by molar-refractivity contribution is 7.98. The summed E-state index contributed by atoms with van der Waals surface area (Å²) < 4.78 is 0. The number of benzene rings is 1. The third-order valence-electron chi connectivity index (χ3n) is 8.86. The first kappa shape index (κ1) is 48.9. The molecule has 1 aromatic rings. The fourth-order valence-electron chi connectivity index (χ4n) is 6.07. The monoisotopic (exact) mass is 744 g/mol. The molecule has 0 spiro atoms. The van der Waals surface area contributed by atoms with Crippen molar-refractivity contribution in [3.63, 3.8) is 0 Å². The summed E-state index contributed by atoms with van der Waals surface area (Å²) in [6, 6.07) is 6.86. The van der Waals surface area contributed by atoms with Crippen LogP contribution in [0.25, 0.3) is 0 Å². The zero-order valence-electron chi connectivity index (χ0n) is 34.1. The maximum absolute atomic E-state index is 13.2. The maximum atomic E-state index is 13.2. The van der Waals surface area contributed by atoms with E-state index in [1.807, 2.05) is 79.0 Å². The number of Topliss-reactive ketones (excluding diaryl/α,β-unsaturated/α-hetero) is 5. The van der Waals surface area contributed by atoms with Gasteiger partial charge in [-0.15, -0.1) is 0 Å². The van der Waals surface area contributed by atoms with Crippen molar-refractivity contribution in [3.05, 3.63) is 35.4 Å². The lowest BCUT2D eigenvalue weighted by Crippen LogP contribution is -2.45. The summed E-state index contributed by atoms with van der Waals surface area (Å²) in [6.07, 6.45) is 5.43. The molecule has 0 fully saturated rings. The van der Waals surface area contributed by atoms with Gasteiger partial charge in [0.25, 0.3) is 0 Å². The molecule has 0 aliphatic carbocycles. The van der Waals surface area contributed by atoms with Gasteiger partial charge in [-0.05, 0) is 95.1 Å². The Hall–Kier alpha value is -3.14. The minimum Gasteiger partial charge on any atom is -0.347 e. The molecule has 0 unspecified atom stereocenters. The highest BCUT2D eigenvalue weighted by Crippen LogP contribution is 2.21. The molecule has 0 aromatic heterocycles. The molecule has 5 atom stereocenters. The molecule has 0 aliphatic heterocycles. The van der Waals surface area contributed by atoms with Crippen molar-refractivity contribution in [3.8, 4) is 0 Å². The third-order valence-corrected chi connectivity index (χ3v) is 9.51. The molecule has 294 valence electrons. The largest absolute Gasteiger partial charge is 0.347 e. The second-order valence-electron chi connectivity index (χ2n) is 15.7. The molecule has 9 nitrogen and oxygen atoms in total. The van der Waals surface area contributed by atoms with E-state index in [0.29, 0.717) is 31.6 Å². The quantitative estimate of drug-likeness (QED) is 0.112. The molecular formula is C42H68N2O7S. The lowest BCUT2D eigenvalue weighted by Gasteiger charge is -2.25. The Kier molecular flexibility index (Phi) is 24.2. The molecule has 52 heavy (non-hydrogen) atoms. The van der Waals surface area contributed by atoms with Crippen LogP contribution < -0.4 is 10.6 Å². The number of ketones is 5. The van der Waals surface area contributed by atoms with E-state index in [9.17, 15) is 33.6 Å². The predicted octanol–water partition coefficient (Wildman–Crippen LogP) is 7.33. The molecule has 0 bridgehead atoms. The fourth-order valence-corrected chi connectivity index (χ4v) is 6.59. The van der Waals surface area contributed by atoms with Crippen molar-refractivity contribution < 1.29 is 33.6 Å². The number of thioether (sulfide) groups is 1. The molecule has 2 N–H and O–H groups in total. The van der Waals surface area contributed by atoms with Gasteiger partial charge in [-0.25, -0.2) is 0 Å². The van der Waals surface area contributed by atoms with Crippen LogP contribution in [0.5, 0.6) is 0 Å². The van der Waals surface area contributed by atoms with Gasteiger partial charge >= 0.3 is 0 Å². The van der Waals surface area contributed by atoms with Crippen molar-refractivity contribution >= 4 is 52.5 Å². The van der Waals surface area contributed by atoms with Crippen molar-refractivity contribution in [1.29, 1.82) is 0 Å². The van der Waals surface area contributed by atoms with Crippen LogP contribution in [0.3, 0.4) is 0 Å². The maximum Gasteiger partial charge on any atom is 0.224 e. The minimum atomic E-state index is -0.649. The predicted molar refractivity (Wildman–Crippen MR) is 212 cm³/mol. The molecule has 0 aliphatic rings. The molecule has 0 heterocycles. The first-order chi connectivity index (χ1) is 24.2. The van der Waals surface area contributed by atoms with Crippen molar-refractivity contribution in [1.82, 2.24) is 10.6 Å². The Morgan fingerprint density at radius 1 is 0.615 bits per heavy atom. The first-order valence-electron chi connectivity index (χ1n) is 18.8. The number of hydrogen-bond acceptors (Lipinski definition) is 8. The number of hydrogen-bond donors (Lipinski definition) is 2. The van der Waals surface area contributed by atoms with Gasteiger partial charge < -0.3 is 15.4 Å². The Balaban J connectivity index is 0.00000112. The van der Waals surface area contributed by atoms with E-state index in [1.165, 1.54) is 27.7 Å². The Morgan fingerprint density at radius 2 is 1.08 bits per heavy atom. The summed E-state index contributed by atoms with van der Waals surface area (Å²) in [7, 11) is 0. The lowest BCUT2D eigenvalue weighted by molar-refractivity contribution is -0.133. The molecular weight excluding hydrogens is 677 g/mol. The summed E-state index contributed by atoms with van der Waals surface area (Å²) in [5.74, 6) is -0.0308. The average Bonchev–Trinajstić information content (AvgIpc) is 3.01. The summed E-state index contributed by atoms with van der Waals surface area (Å²) in [6.45, 7) is 20.0. The van der Waals surface area contributed by atoms with E-state index < -0.39 is 23.9 Å². The molecule has 1 rings (SSSR count). The zero-order valence-corrected chi connectivity index (χ0v) is 34.9. The van der Waals surface area contributed by atoms with Crippen LogP contribution in [0.1, 0.15) is 125 Å². The second-order valence-corrected chi connectivity index (χ2v) is 16.7. The van der Waals surface area contributed by atoms with Gasteiger partial charge in [-0.3, -0.25) is 28.8 Å². The number of nitrogens with one attached hydrogen (secondary N) is 2. The van der Waals surface area contributed by atoms with Gasteiger partial charge in [0.2, 0.25) is 11.8 Å². The molecule has 0 radical (unpaired) electrons. The highest BCUT2D eigenvalue weighted by atomic mass is 32.2. The van der Waals surface area contributed by atoms with E-state index in [2.05, 4.69) is 10.6 Å². The number of aryl methyl sites for hydroxylation is 1. The van der Waals surface area contributed by atoms with E-state index >= 15 is 0 Å². The van der Waals surface area contributed by atoms with Crippen molar-refractivity contribution in [2.45, 2.75) is 140 Å². The minimum absolute atomic E-state index is 0.0252. The SMILES string of the molecule is CC(=O)C[C@@H](CC(C)C)C(=O)N[C@@H](CC(C)C)C(=O)C[C@@H](Cc1ccc(C)cc1)C(C)=O.CSCC[C@H](CC(=O)[C@H](CC(C)C)NC(C)=O)C(C)=O. The van der Waals surface area contributed by atoms with Gasteiger partial charge in [0.15, 0.2) is 11.6 Å². The standard InChI is InChI=1S/C27H41NO4.C15H27NO3S/c1-17(2)12-24(14-20(6)29)27(32)28-25(13-18(3)4)26(31)16-23(21(7)30)15-22-10-8-19(5)9-11-22;1-10(2)8-14(16-12(4)18)15(19)9-13(11(3)17)6-7-20-5/h8-11,17-18,23-25H,12-16H2,1-7H3,(H,28,32);10,13-14H,6-9H2,1-5H3,(H,16,18)/t23-,24-,25+;13-,14+/m11/s1. The van der Waals surface area contributed by atoms with Gasteiger partial charge in [0.05, 0.1) is 12.1 Å². The van der Waals surface area contributed by atoms with Gasteiger partial charge in [-0.1, -0.05) is 71.4 Å². The molecule has 10 heteroatoms. The Bertz CT molecular complexity index is 1310. The summed E-state index contributed by atoms with van der Waals surface area (Å²) in [4.78, 5) is 85.3. The van der Waals surface area contributed by atoms with E-state index in [4.69, 9.17) is 0 Å². The number of carbonyl (C=O) groups excluding carboxylic acids is 7. The van der Waals surface area contributed by atoms with Gasteiger partial charge in [0, 0.05) is 43.9 Å². The highest BCUT2D eigenvalue weighted by Gasteiger charge is 2.30. The van der Waals surface area contributed by atoms with Gasteiger partial charge in [-0.2, -0.15) is 11.8 Å². The van der Waals surface area contributed by atoms with E-state index in [-0.39, 0.29) is 77.7 Å². The Morgan fingerprint density at radius 3 is 1.48 bits per heavy atom. The number of carbonyl (C=O) groups is 7. The third kappa shape index (κ3) is 22.0. The number of rotatable bonds is 24. The van der Waals surface area contributed by atoms with Crippen LogP contribution in [0.15, 0.2) is 24.3 Å². The Labute approximate surface area is 318 Å². The summed E-state index contributed by atoms with van der Waals surface area (Å²) >= 11 is 1.67. The van der Waals surface area contributed by atoms with Crippen molar-refractivity contribution in [2.75, 3.05) is 12.0 Å². The normalized spacial score (nSPS) is 14.1. The molecule has 2 amide bonds. The molecule has 0 saturated heterocycles. The zero-order chi connectivity index (χ0) is 40.1. The van der Waals surface area contributed by atoms with Gasteiger partial charge in [0.1, 0.15) is 17.3 Å². The summed E-state index contributed by atoms with van der Waals surface area (Å²) in [5, 5.41) is 5.63. The number of amides is 2. The lowest BCUT2D eigenvalue weighted by atomic mass is 9.86. The first-order valence-corrected chi connectivity index (χ1v) is 20.2. The molecule has 0 saturated carbocycles. The van der Waals surface area contributed by atoms with E-state index in [0.717, 1.165) is 23.3 Å². The van der Waals surface area contributed by atoms with Crippen LogP contribution in [0, 0.1) is 42.4 Å². The fraction of sp³-hybridized carbons (Fsp3) is 0.690. The topological polar surface area (TPSA) is 144 Å². The van der Waals surface area contributed by atoms with Crippen LogP contribution >= 0.6 is 11.8 Å². The van der Waals surface area contributed by atoms with Crippen LogP contribution in [0.2, 0.25) is 0 Å². The average molecular weight is 745 g/mol. The second kappa shape index (κ2) is 25.8. The molecule has 1 aromatic carbocycles. The van der Waals surface area contributed by atoms with Crippen LogP contribution in [0.4, 0.5) is 0 Å². The smallest absolute Gasteiger partial charge is 0.224 e. The van der Waals surface area contributed by atoms with Crippen LogP contribution in [-0.2, 0) is 40.0 Å². The van der Waals surface area contributed by atoms with Crippen LogP contribution in [-0.4, -0.2) is 64.8 Å².